The van der Waals surface area contributed by atoms with Crippen molar-refractivity contribution in [3.8, 4) is 34.6 Å². The zero-order chi connectivity index (χ0) is 41.1. The Morgan fingerprint density at radius 3 is 0.903 bits per heavy atom. The molecule has 1 aliphatic carbocycles. The summed E-state index contributed by atoms with van der Waals surface area (Å²) in [5.41, 5.74) is 1.67. The summed E-state index contributed by atoms with van der Waals surface area (Å²) in [5.74, 6) is 1.84. The van der Waals surface area contributed by atoms with Crippen molar-refractivity contribution in [2.24, 2.45) is 0 Å². The average molecular weight is 975 g/mol. The van der Waals surface area contributed by atoms with E-state index in [1.54, 1.807) is 28.4 Å². The van der Waals surface area contributed by atoms with E-state index in [-0.39, 0.29) is 39.0 Å². The molecule has 6 nitrogen and oxygen atoms in total. The predicted octanol–water partition coefficient (Wildman–Crippen LogP) is 6.61. The quantitative estimate of drug-likeness (QED) is 0.0480. The van der Waals surface area contributed by atoms with E-state index in [0.29, 0.717) is 23.5 Å². The number of pyridine rings is 2. The first kappa shape index (κ1) is 55.1. The Kier molecular flexibility index (Phi) is 26.2. The number of rotatable bonds is 11. The smallest absolute Gasteiger partial charge is 1.00 e. The minimum atomic E-state index is -3.67. The normalized spacial score (nSPS) is 12.2. The maximum atomic E-state index is 9.67. The van der Waals surface area contributed by atoms with Crippen molar-refractivity contribution in [1.82, 2.24) is 9.97 Å². The number of hydrogen-bond acceptors (Lipinski definition) is 6. The van der Waals surface area contributed by atoms with E-state index in [0.717, 1.165) is 21.7 Å². The van der Waals surface area contributed by atoms with Crippen molar-refractivity contribution in [2.75, 3.05) is 28.4 Å². The molecule has 0 fully saturated rings. The average Bonchev–Trinajstić information content (AvgIpc) is 3.25. The number of allylic oxidation sites excluding steroid dienone is 4. The van der Waals surface area contributed by atoms with Crippen LogP contribution in [-0.4, -0.2) is 46.0 Å². The van der Waals surface area contributed by atoms with Crippen LogP contribution in [0.1, 0.15) is 25.7 Å². The maximum Gasteiger partial charge on any atom is 3.00 e. The summed E-state index contributed by atoms with van der Waals surface area (Å²) >= 11 is 0. The molecule has 7 rings (SSSR count). The minimum absolute atomic E-state index is 0. The van der Waals surface area contributed by atoms with Gasteiger partial charge in [0.05, 0.1) is 55.4 Å². The van der Waals surface area contributed by atoms with Gasteiger partial charge in [-0.1, -0.05) is 97.1 Å². The van der Waals surface area contributed by atoms with Gasteiger partial charge < -0.3 is 38.5 Å². The summed E-state index contributed by atoms with van der Waals surface area (Å²) in [4.78, 5) is 9.70. The summed E-state index contributed by atoms with van der Waals surface area (Å²) in [5, 5.41) is 6.98. The summed E-state index contributed by atoms with van der Waals surface area (Å²) in [7, 11) is -0.363. The Morgan fingerprint density at radius 2 is 0.694 bits per heavy atom. The van der Waals surface area contributed by atoms with Gasteiger partial charge in [0.25, 0.3) is 0 Å². The molecule has 0 saturated heterocycles. The second kappa shape index (κ2) is 29.4. The number of halogens is 4. The molecule has 0 bridgehead atoms. The number of hydrogen-bond donors (Lipinski definition) is 0. The van der Waals surface area contributed by atoms with Gasteiger partial charge in [0, 0.05) is 12.1 Å². The second-order valence-electron chi connectivity index (χ2n) is 12.8. The number of benzene rings is 4. The molecule has 0 radical (unpaired) electrons. The molecule has 1 aliphatic rings. The van der Waals surface area contributed by atoms with E-state index in [9.17, 15) is 12.9 Å². The van der Waals surface area contributed by atoms with Gasteiger partial charge in [-0.15, -0.1) is 0 Å². The predicted molar refractivity (Wildman–Crippen MR) is 253 cm³/mol. The fourth-order valence-electron chi connectivity index (χ4n) is 6.61. The molecular weight excluding hydrogens is 920 g/mol. The fraction of sp³-hybridized carbons (Fsp3) is 0.167. The molecule has 0 spiro atoms. The minimum Gasteiger partial charge on any atom is -1.00 e. The zero-order valence-corrected chi connectivity index (χ0v) is 39.4. The molecule has 0 atom stereocenters. The van der Waals surface area contributed by atoms with Crippen LogP contribution in [0.25, 0.3) is 11.1 Å². The molecule has 6 aromatic rings. The third-order valence-corrected chi connectivity index (χ3v) is 14.6. The number of aromatic nitrogens is 2. The Morgan fingerprint density at radius 1 is 0.452 bits per heavy atom. The van der Waals surface area contributed by atoms with Crippen LogP contribution in [-0.2, 0) is 19.5 Å². The molecule has 14 heteroatoms. The van der Waals surface area contributed by atoms with Crippen LogP contribution in [0.4, 0.5) is 12.9 Å². The number of nitrogens with zero attached hydrogens (tertiary/aromatic N) is 2. The molecule has 0 amide bonds. The van der Waals surface area contributed by atoms with Crippen molar-refractivity contribution in [2.45, 2.75) is 25.7 Å². The van der Waals surface area contributed by atoms with Gasteiger partial charge in [-0.05, 0) is 74.2 Å². The first-order chi connectivity index (χ1) is 28.4. The molecular formula is C48H54BF4N2O4P2Rh+2. The summed E-state index contributed by atoms with van der Waals surface area (Å²) in [6.45, 7) is 0. The van der Waals surface area contributed by atoms with Crippen molar-refractivity contribution in [3.63, 3.8) is 0 Å². The Hall–Kier alpha value is -4.87. The molecule has 2 heterocycles. The largest absolute Gasteiger partial charge is 3.00 e. The van der Waals surface area contributed by atoms with Crippen molar-refractivity contribution in [3.05, 3.63) is 173 Å². The van der Waals surface area contributed by atoms with Crippen LogP contribution in [0, 0.1) is 14.9 Å². The summed E-state index contributed by atoms with van der Waals surface area (Å²) < 4.78 is 52.8. The van der Waals surface area contributed by atoms with Gasteiger partial charge >= 0.3 is 27.0 Å². The van der Waals surface area contributed by atoms with Gasteiger partial charge in [0.15, 0.2) is 0 Å². The fourth-order valence-corrected chi connectivity index (χ4v) is 12.1. The van der Waals surface area contributed by atoms with Gasteiger partial charge in [0.2, 0.25) is 23.5 Å². The monoisotopic (exact) mass is 974 g/mol. The van der Waals surface area contributed by atoms with Crippen molar-refractivity contribution in [1.29, 1.82) is 0 Å². The second-order valence-corrected chi connectivity index (χ2v) is 17.6. The van der Waals surface area contributed by atoms with Crippen LogP contribution in [0.2, 0.25) is 0 Å². The van der Waals surface area contributed by atoms with E-state index in [1.165, 1.54) is 46.9 Å². The first-order valence-electron chi connectivity index (χ1n) is 18.8. The Balaban J connectivity index is 0.00000105. The Labute approximate surface area is 380 Å². The number of ether oxygens (including phenoxy) is 4. The molecule has 0 N–H and O–H groups in total. The molecule has 0 unspecified atom stereocenters. The topological polar surface area (TPSA) is 62.7 Å². The van der Waals surface area contributed by atoms with E-state index in [1.807, 2.05) is 24.3 Å². The van der Waals surface area contributed by atoms with Crippen LogP contribution in [0.15, 0.2) is 158 Å². The van der Waals surface area contributed by atoms with Crippen LogP contribution in [0.5, 0.6) is 23.5 Å². The van der Waals surface area contributed by atoms with E-state index >= 15 is 0 Å². The first-order valence-corrected chi connectivity index (χ1v) is 21.8. The zero-order valence-electron chi connectivity index (χ0n) is 35.8. The third kappa shape index (κ3) is 15.2. The maximum absolute atomic E-state index is 9.67. The van der Waals surface area contributed by atoms with Crippen LogP contribution in [0.3, 0.4) is 0 Å². The van der Waals surface area contributed by atoms with Gasteiger partial charge in [-0.2, -0.15) is 9.97 Å². The molecule has 62 heavy (non-hydrogen) atoms. The van der Waals surface area contributed by atoms with E-state index in [4.69, 9.17) is 28.9 Å². The number of methoxy groups -OCH3 is 4. The van der Waals surface area contributed by atoms with Crippen molar-refractivity contribution < 1.29 is 56.1 Å². The van der Waals surface area contributed by atoms with E-state index < -0.39 is 23.4 Å². The van der Waals surface area contributed by atoms with E-state index in [2.05, 4.69) is 133 Å². The van der Waals surface area contributed by atoms with Gasteiger partial charge in [-0.25, -0.2) is 0 Å². The summed E-state index contributed by atoms with van der Waals surface area (Å²) in [6, 6.07) is 46.5. The molecule has 2 aromatic heterocycles. The molecule has 4 aromatic carbocycles. The van der Waals surface area contributed by atoms with Gasteiger partial charge in [0.1, 0.15) is 31.8 Å². The Bertz CT molecular complexity index is 1970. The molecule has 0 saturated carbocycles. The third-order valence-electron chi connectivity index (χ3n) is 9.10. The molecule has 0 aliphatic heterocycles. The van der Waals surface area contributed by atoms with Gasteiger partial charge in [-0.3, -0.25) is 12.9 Å². The van der Waals surface area contributed by atoms with Crippen LogP contribution < -0.4 is 55.5 Å². The molecule has 328 valence electrons. The summed E-state index contributed by atoms with van der Waals surface area (Å²) in [6.07, 6.45) is 14.0. The SMILES string of the molecule is C1=C\CC/C=C\CC/1.COc1cc([PH+](c2ccccc2)c2ccccc2)c(-c2c([PH+](c3ccccc3)c3ccccc3)cc(OC)nc2OC)c(OC)n1.FB(F)F.[CH3-].[CH3-].[F-].[Rh+3]. The van der Waals surface area contributed by atoms with Crippen molar-refractivity contribution >= 4 is 55.2 Å². The van der Waals surface area contributed by atoms with Crippen LogP contribution >= 0.6 is 15.8 Å². The standard InChI is InChI=1S/C38H34N2O4P2.C8H12.2CH3.BF3.FH.Rh/c1-41-33-25-31(45(27-17-9-5-10-18-27)28-19-11-6-12-20-28)35(37(39-33)43-3)36-32(26-34(42-2)40-38(36)44-4)46(29-21-13-7-14-22-29)30-23-15-8-16-24-30;1-2-4-6-8-7-5-3-1;;;2-1(3)4;;/h5-26H,1-4H3;1-2,7-8H,3-6H2;2*1H3;;1H;/q;;2*-1;;;+3/p+1/b;2-1-,8-7-;;;;;.